The van der Waals surface area contributed by atoms with Crippen LogP contribution >= 0.6 is 11.8 Å². The van der Waals surface area contributed by atoms with Gasteiger partial charge in [-0.25, -0.2) is 0 Å². The third-order valence-electron chi connectivity index (χ3n) is 4.69. The maximum atomic E-state index is 12.5. The van der Waals surface area contributed by atoms with Gasteiger partial charge in [-0.3, -0.25) is 4.79 Å². The van der Waals surface area contributed by atoms with Crippen molar-refractivity contribution in [3.8, 4) is 28.4 Å². The van der Waals surface area contributed by atoms with Crippen molar-refractivity contribution in [2.45, 2.75) is 23.8 Å². The maximum absolute atomic E-state index is 12.5. The van der Waals surface area contributed by atoms with Gasteiger partial charge in [-0.15, -0.1) is 11.8 Å². The number of methoxy groups -OCH3 is 3. The predicted molar refractivity (Wildman–Crippen MR) is 103 cm³/mol. The highest BCUT2D eigenvalue weighted by Crippen LogP contribution is 2.50. The second kappa shape index (κ2) is 7.60. The third kappa shape index (κ3) is 3.04. The van der Waals surface area contributed by atoms with Crippen LogP contribution in [0.4, 0.5) is 0 Å². The quantitative estimate of drug-likeness (QED) is 0.827. The maximum Gasteiger partial charge on any atom is 0.203 e. The molecule has 2 aromatic rings. The van der Waals surface area contributed by atoms with Crippen LogP contribution in [-0.4, -0.2) is 32.7 Å². The number of aryl methyl sites for hydroxylation is 1. The number of rotatable bonds is 4. The van der Waals surface area contributed by atoms with E-state index in [4.69, 9.17) is 14.2 Å². The number of aliphatic hydroxyl groups is 1. The van der Waals surface area contributed by atoms with Gasteiger partial charge in [0.2, 0.25) is 5.75 Å². The van der Waals surface area contributed by atoms with Crippen LogP contribution in [-0.2, 0) is 6.42 Å². The van der Waals surface area contributed by atoms with Gasteiger partial charge in [-0.1, -0.05) is 6.07 Å². The normalized spacial score (nSPS) is 15.5. The van der Waals surface area contributed by atoms with Crippen LogP contribution in [0, 0.1) is 0 Å². The molecule has 0 saturated heterocycles. The summed E-state index contributed by atoms with van der Waals surface area (Å²) >= 11 is 1.39. The molecule has 138 valence electrons. The largest absolute Gasteiger partial charge is 0.493 e. The Kier molecular flexibility index (Phi) is 5.44. The Hall–Kier alpha value is -2.18. The highest BCUT2D eigenvalue weighted by molar-refractivity contribution is 7.98. The van der Waals surface area contributed by atoms with Crippen LogP contribution in [0.2, 0.25) is 0 Å². The summed E-state index contributed by atoms with van der Waals surface area (Å²) in [5.74, 6) is 1.62. The molecule has 3 rings (SSSR count). The molecule has 0 unspecified atom stereocenters. The van der Waals surface area contributed by atoms with Crippen LogP contribution < -0.4 is 19.6 Å². The first-order chi connectivity index (χ1) is 12.5. The summed E-state index contributed by atoms with van der Waals surface area (Å²) in [4.78, 5) is 13.1. The first-order valence-corrected chi connectivity index (χ1v) is 9.50. The van der Waals surface area contributed by atoms with Crippen LogP contribution in [0.15, 0.2) is 34.0 Å². The Morgan fingerprint density at radius 1 is 1.08 bits per heavy atom. The molecule has 1 atom stereocenters. The van der Waals surface area contributed by atoms with Crippen molar-refractivity contribution in [3.63, 3.8) is 0 Å². The molecule has 0 heterocycles. The van der Waals surface area contributed by atoms with E-state index in [1.54, 1.807) is 27.4 Å². The van der Waals surface area contributed by atoms with Crippen LogP contribution in [0.1, 0.15) is 23.7 Å². The van der Waals surface area contributed by atoms with E-state index in [-0.39, 0.29) is 5.43 Å². The molecule has 0 spiro atoms. The highest BCUT2D eigenvalue weighted by Gasteiger charge is 2.28. The summed E-state index contributed by atoms with van der Waals surface area (Å²) < 4.78 is 16.6. The average Bonchev–Trinajstić information content (AvgIpc) is 2.89. The smallest absolute Gasteiger partial charge is 0.203 e. The fraction of sp³-hybridized carbons (Fsp3) is 0.350. The first-order valence-electron chi connectivity index (χ1n) is 8.28. The second-order valence-corrected chi connectivity index (χ2v) is 6.86. The lowest BCUT2D eigenvalue weighted by molar-refractivity contribution is 0.169. The minimum absolute atomic E-state index is 0.0966. The Bertz CT molecular complexity index is 894. The number of thioether (sulfide) groups is 1. The lowest BCUT2D eigenvalue weighted by Gasteiger charge is -2.19. The zero-order chi connectivity index (χ0) is 18.8. The molecule has 0 fully saturated rings. The Morgan fingerprint density at radius 2 is 1.81 bits per heavy atom. The van der Waals surface area contributed by atoms with Crippen molar-refractivity contribution in [2.75, 3.05) is 27.6 Å². The predicted octanol–water partition coefficient (Wildman–Crippen LogP) is 3.44. The standard InChI is InChI=1S/C20H22O5S/c1-23-16-9-11-5-7-14(21)13-10-15(22)17(26-4)8-6-12(13)18(11)20(25-3)19(16)24-2/h6,8-10,14,21H,5,7H2,1-4H3/t14-/m0/s1. The average molecular weight is 374 g/mol. The van der Waals surface area contributed by atoms with Gasteiger partial charge < -0.3 is 19.3 Å². The molecule has 0 amide bonds. The molecular weight excluding hydrogens is 352 g/mol. The molecule has 5 nitrogen and oxygen atoms in total. The molecule has 0 aromatic heterocycles. The van der Waals surface area contributed by atoms with Crippen molar-refractivity contribution < 1.29 is 19.3 Å². The lowest BCUT2D eigenvalue weighted by Crippen LogP contribution is -2.03. The van der Waals surface area contributed by atoms with Gasteiger partial charge in [0.1, 0.15) is 0 Å². The SMILES string of the molecule is COc1cc2c(c(OC)c1OC)-c1ccc(SC)c(=O)cc1[C@@H](O)CC2. The van der Waals surface area contributed by atoms with E-state index in [1.807, 2.05) is 18.4 Å². The molecule has 26 heavy (non-hydrogen) atoms. The number of hydrogen-bond acceptors (Lipinski definition) is 6. The zero-order valence-corrected chi connectivity index (χ0v) is 16.1. The van der Waals surface area contributed by atoms with Gasteiger partial charge in [-0.2, -0.15) is 0 Å². The highest BCUT2D eigenvalue weighted by atomic mass is 32.2. The van der Waals surface area contributed by atoms with Crippen LogP contribution in [0.5, 0.6) is 17.2 Å². The van der Waals surface area contributed by atoms with E-state index in [0.29, 0.717) is 40.5 Å². The fourth-order valence-electron chi connectivity index (χ4n) is 3.45. The van der Waals surface area contributed by atoms with E-state index >= 15 is 0 Å². The number of hydrogen-bond donors (Lipinski definition) is 1. The van der Waals surface area contributed by atoms with Gasteiger partial charge in [0.15, 0.2) is 16.9 Å². The van der Waals surface area contributed by atoms with E-state index in [1.165, 1.54) is 17.8 Å². The third-order valence-corrected chi connectivity index (χ3v) is 5.47. The number of fused-ring (bicyclic) bond motifs is 3. The number of benzene rings is 1. The van der Waals surface area contributed by atoms with Gasteiger partial charge >= 0.3 is 0 Å². The number of aliphatic hydroxyl groups excluding tert-OH is 1. The molecule has 0 bridgehead atoms. The second-order valence-electron chi connectivity index (χ2n) is 6.01. The summed E-state index contributed by atoms with van der Waals surface area (Å²) in [6.45, 7) is 0. The molecule has 1 aliphatic carbocycles. The molecule has 0 aliphatic heterocycles. The molecule has 0 radical (unpaired) electrons. The fourth-order valence-corrected chi connectivity index (χ4v) is 3.91. The summed E-state index contributed by atoms with van der Waals surface area (Å²) in [5, 5.41) is 10.7. The Morgan fingerprint density at radius 3 is 2.42 bits per heavy atom. The molecule has 2 aromatic carbocycles. The van der Waals surface area contributed by atoms with E-state index in [0.717, 1.165) is 16.7 Å². The van der Waals surface area contributed by atoms with Gasteiger partial charge in [0, 0.05) is 5.56 Å². The summed E-state index contributed by atoms with van der Waals surface area (Å²) in [7, 11) is 4.72. The summed E-state index contributed by atoms with van der Waals surface area (Å²) in [6.07, 6.45) is 2.28. The molecule has 6 heteroatoms. The van der Waals surface area contributed by atoms with Crippen molar-refractivity contribution in [1.82, 2.24) is 0 Å². The Balaban J connectivity index is 2.43. The van der Waals surface area contributed by atoms with E-state index < -0.39 is 6.10 Å². The lowest BCUT2D eigenvalue weighted by atomic mass is 9.96. The van der Waals surface area contributed by atoms with Gasteiger partial charge in [-0.05, 0) is 54.0 Å². The topological polar surface area (TPSA) is 65.0 Å². The molecule has 0 saturated carbocycles. The summed E-state index contributed by atoms with van der Waals surface area (Å²) in [6, 6.07) is 7.13. The molecule has 1 N–H and O–H groups in total. The monoisotopic (exact) mass is 374 g/mol. The minimum Gasteiger partial charge on any atom is -0.493 e. The minimum atomic E-state index is -0.728. The number of ether oxygens (including phenoxy) is 3. The first kappa shape index (κ1) is 18.6. The Labute approximate surface area is 156 Å². The van der Waals surface area contributed by atoms with Crippen LogP contribution in [0.3, 0.4) is 0 Å². The van der Waals surface area contributed by atoms with Crippen LogP contribution in [0.25, 0.3) is 11.1 Å². The van der Waals surface area contributed by atoms with Gasteiger partial charge in [0.05, 0.1) is 32.3 Å². The van der Waals surface area contributed by atoms with Crippen molar-refractivity contribution in [3.05, 3.63) is 45.6 Å². The molecular formula is C20H22O5S. The summed E-state index contributed by atoms with van der Waals surface area (Å²) in [5.41, 5.74) is 3.11. The van der Waals surface area contributed by atoms with Crippen molar-refractivity contribution in [2.24, 2.45) is 0 Å². The van der Waals surface area contributed by atoms with Crippen molar-refractivity contribution >= 4 is 11.8 Å². The zero-order valence-electron chi connectivity index (χ0n) is 15.3. The van der Waals surface area contributed by atoms with Crippen molar-refractivity contribution in [1.29, 1.82) is 0 Å². The van der Waals surface area contributed by atoms with E-state index in [2.05, 4.69) is 0 Å². The van der Waals surface area contributed by atoms with E-state index in [9.17, 15) is 9.90 Å². The molecule has 1 aliphatic rings. The van der Waals surface area contributed by atoms with Gasteiger partial charge in [0.25, 0.3) is 0 Å².